The Morgan fingerprint density at radius 3 is 2.79 bits per heavy atom. The predicted molar refractivity (Wildman–Crippen MR) is 62.1 cm³/mol. The van der Waals surface area contributed by atoms with E-state index >= 15 is 0 Å². The standard InChI is InChI=1S/C12H15ClO/c1-3-10-7-11(5-4-6-13)9-12(8-10)14-2/h3,7-9H,1,4-6H2,2H3. The molecular weight excluding hydrogens is 196 g/mol. The van der Waals surface area contributed by atoms with E-state index in [1.807, 2.05) is 18.2 Å². The number of benzene rings is 1. The SMILES string of the molecule is C=Cc1cc(CCCCl)cc(OC)c1. The summed E-state index contributed by atoms with van der Waals surface area (Å²) >= 11 is 5.65. The van der Waals surface area contributed by atoms with Crippen LogP contribution in [0.5, 0.6) is 5.75 Å². The van der Waals surface area contributed by atoms with Crippen molar-refractivity contribution in [2.75, 3.05) is 13.0 Å². The largest absolute Gasteiger partial charge is 0.497 e. The second-order valence-corrected chi connectivity index (χ2v) is 3.49. The van der Waals surface area contributed by atoms with Gasteiger partial charge in [0.2, 0.25) is 0 Å². The van der Waals surface area contributed by atoms with Crippen LogP contribution < -0.4 is 4.74 Å². The van der Waals surface area contributed by atoms with Crippen LogP contribution in [0, 0.1) is 0 Å². The van der Waals surface area contributed by atoms with Crippen LogP contribution in [0.25, 0.3) is 6.08 Å². The summed E-state index contributed by atoms with van der Waals surface area (Å²) in [4.78, 5) is 0. The molecule has 0 fully saturated rings. The molecule has 0 aliphatic heterocycles. The number of methoxy groups -OCH3 is 1. The van der Waals surface area contributed by atoms with Gasteiger partial charge in [0.15, 0.2) is 0 Å². The molecular formula is C12H15ClO. The van der Waals surface area contributed by atoms with Crippen molar-refractivity contribution in [3.8, 4) is 5.75 Å². The van der Waals surface area contributed by atoms with Crippen LogP contribution in [0.2, 0.25) is 0 Å². The Labute approximate surface area is 90.3 Å². The molecule has 0 heterocycles. The molecule has 0 saturated carbocycles. The van der Waals surface area contributed by atoms with Gasteiger partial charge in [-0.05, 0) is 36.1 Å². The highest BCUT2D eigenvalue weighted by atomic mass is 35.5. The van der Waals surface area contributed by atoms with Gasteiger partial charge in [-0.3, -0.25) is 0 Å². The maximum Gasteiger partial charge on any atom is 0.119 e. The summed E-state index contributed by atoms with van der Waals surface area (Å²) in [5.74, 6) is 1.58. The number of ether oxygens (including phenoxy) is 1. The first kappa shape index (κ1) is 11.1. The van der Waals surface area contributed by atoms with Gasteiger partial charge in [0.05, 0.1) is 7.11 Å². The maximum atomic E-state index is 5.65. The molecule has 0 aromatic heterocycles. The molecule has 76 valence electrons. The van der Waals surface area contributed by atoms with E-state index < -0.39 is 0 Å². The highest BCUT2D eigenvalue weighted by molar-refractivity contribution is 6.17. The molecule has 0 spiro atoms. The molecule has 0 amide bonds. The van der Waals surface area contributed by atoms with Crippen LogP contribution in [-0.2, 0) is 6.42 Å². The van der Waals surface area contributed by atoms with Gasteiger partial charge < -0.3 is 4.74 Å². The van der Waals surface area contributed by atoms with E-state index in [0.29, 0.717) is 5.88 Å². The Bertz CT molecular complexity index is 307. The topological polar surface area (TPSA) is 9.23 Å². The smallest absolute Gasteiger partial charge is 0.119 e. The second-order valence-electron chi connectivity index (χ2n) is 3.11. The normalized spacial score (nSPS) is 9.86. The number of halogens is 1. The summed E-state index contributed by atoms with van der Waals surface area (Å²) in [6, 6.07) is 6.12. The zero-order valence-electron chi connectivity index (χ0n) is 8.42. The van der Waals surface area contributed by atoms with E-state index in [0.717, 1.165) is 24.2 Å². The Kier molecular flexibility index (Phi) is 4.54. The first-order chi connectivity index (χ1) is 6.80. The van der Waals surface area contributed by atoms with Crippen LogP contribution in [0.4, 0.5) is 0 Å². The molecule has 1 aromatic rings. The monoisotopic (exact) mass is 210 g/mol. The van der Waals surface area contributed by atoms with Gasteiger partial charge in [-0.15, -0.1) is 11.6 Å². The number of hydrogen-bond donors (Lipinski definition) is 0. The van der Waals surface area contributed by atoms with Crippen molar-refractivity contribution < 1.29 is 4.74 Å². The van der Waals surface area contributed by atoms with Gasteiger partial charge in [0.25, 0.3) is 0 Å². The molecule has 0 aliphatic carbocycles. The summed E-state index contributed by atoms with van der Waals surface area (Å²) < 4.78 is 5.20. The third-order valence-corrected chi connectivity index (χ3v) is 2.33. The minimum atomic E-state index is 0.695. The van der Waals surface area contributed by atoms with Crippen molar-refractivity contribution in [2.45, 2.75) is 12.8 Å². The highest BCUT2D eigenvalue weighted by Crippen LogP contribution is 2.18. The predicted octanol–water partition coefficient (Wildman–Crippen LogP) is 3.51. The summed E-state index contributed by atoms with van der Waals surface area (Å²) in [5.41, 5.74) is 2.34. The van der Waals surface area contributed by atoms with E-state index in [4.69, 9.17) is 16.3 Å². The van der Waals surface area contributed by atoms with Crippen molar-refractivity contribution in [3.05, 3.63) is 35.9 Å². The lowest BCUT2D eigenvalue weighted by Crippen LogP contribution is -1.90. The number of hydrogen-bond acceptors (Lipinski definition) is 1. The molecule has 14 heavy (non-hydrogen) atoms. The van der Waals surface area contributed by atoms with Crippen LogP contribution in [0.3, 0.4) is 0 Å². The molecule has 0 radical (unpaired) electrons. The number of rotatable bonds is 5. The van der Waals surface area contributed by atoms with Gasteiger partial charge in [-0.2, -0.15) is 0 Å². The van der Waals surface area contributed by atoms with Crippen LogP contribution in [0.15, 0.2) is 24.8 Å². The number of aryl methyl sites for hydroxylation is 1. The van der Waals surface area contributed by atoms with Gasteiger partial charge in [-0.25, -0.2) is 0 Å². The zero-order valence-corrected chi connectivity index (χ0v) is 9.18. The zero-order chi connectivity index (χ0) is 10.4. The molecule has 0 unspecified atom stereocenters. The Morgan fingerprint density at radius 2 is 2.21 bits per heavy atom. The molecule has 1 nitrogen and oxygen atoms in total. The summed E-state index contributed by atoms with van der Waals surface area (Å²) in [5, 5.41) is 0. The fourth-order valence-electron chi connectivity index (χ4n) is 1.34. The third kappa shape index (κ3) is 3.08. The summed E-state index contributed by atoms with van der Waals surface area (Å²) in [6.45, 7) is 3.75. The van der Waals surface area contributed by atoms with E-state index in [1.54, 1.807) is 7.11 Å². The second kappa shape index (κ2) is 5.71. The van der Waals surface area contributed by atoms with Crippen LogP contribution in [-0.4, -0.2) is 13.0 Å². The molecule has 0 N–H and O–H groups in total. The fraction of sp³-hybridized carbons (Fsp3) is 0.333. The lowest BCUT2D eigenvalue weighted by molar-refractivity contribution is 0.414. The average molecular weight is 211 g/mol. The highest BCUT2D eigenvalue weighted by Gasteiger charge is 1.99. The van der Waals surface area contributed by atoms with Gasteiger partial charge in [-0.1, -0.05) is 18.7 Å². The first-order valence-electron chi connectivity index (χ1n) is 4.66. The average Bonchev–Trinajstić information content (AvgIpc) is 2.25. The summed E-state index contributed by atoms with van der Waals surface area (Å²) in [6.07, 6.45) is 3.81. The van der Waals surface area contributed by atoms with Gasteiger partial charge in [0.1, 0.15) is 5.75 Å². The van der Waals surface area contributed by atoms with E-state index in [9.17, 15) is 0 Å². The van der Waals surface area contributed by atoms with Crippen molar-refractivity contribution in [1.29, 1.82) is 0 Å². The van der Waals surface area contributed by atoms with E-state index in [1.165, 1.54) is 5.56 Å². The van der Waals surface area contributed by atoms with Crippen molar-refractivity contribution in [1.82, 2.24) is 0 Å². The Balaban J connectivity index is 2.86. The van der Waals surface area contributed by atoms with E-state index in [-0.39, 0.29) is 0 Å². The minimum Gasteiger partial charge on any atom is -0.497 e. The first-order valence-corrected chi connectivity index (χ1v) is 5.20. The van der Waals surface area contributed by atoms with Gasteiger partial charge in [0, 0.05) is 5.88 Å². The van der Waals surface area contributed by atoms with Crippen molar-refractivity contribution in [3.63, 3.8) is 0 Å². The fourth-order valence-corrected chi connectivity index (χ4v) is 1.47. The molecule has 0 atom stereocenters. The molecule has 0 aliphatic rings. The minimum absolute atomic E-state index is 0.695. The van der Waals surface area contributed by atoms with E-state index in [2.05, 4.69) is 12.6 Å². The summed E-state index contributed by atoms with van der Waals surface area (Å²) in [7, 11) is 1.67. The molecule has 1 aromatic carbocycles. The Hall–Kier alpha value is -0.950. The Morgan fingerprint density at radius 1 is 1.43 bits per heavy atom. The van der Waals surface area contributed by atoms with Gasteiger partial charge >= 0.3 is 0 Å². The molecule has 0 bridgehead atoms. The third-order valence-electron chi connectivity index (χ3n) is 2.06. The molecule has 2 heteroatoms. The number of alkyl halides is 1. The lowest BCUT2D eigenvalue weighted by atomic mass is 10.1. The molecule has 1 rings (SSSR count). The maximum absolute atomic E-state index is 5.65. The van der Waals surface area contributed by atoms with Crippen LogP contribution >= 0.6 is 11.6 Å². The van der Waals surface area contributed by atoms with Crippen molar-refractivity contribution in [2.24, 2.45) is 0 Å². The van der Waals surface area contributed by atoms with Crippen molar-refractivity contribution >= 4 is 17.7 Å². The quantitative estimate of drug-likeness (QED) is 0.676. The van der Waals surface area contributed by atoms with Crippen LogP contribution in [0.1, 0.15) is 17.5 Å². The molecule has 0 saturated heterocycles. The lowest BCUT2D eigenvalue weighted by Gasteiger charge is -2.06.